The molecule has 0 unspecified atom stereocenters. The number of hydrogen-bond donors (Lipinski definition) is 0. The summed E-state index contributed by atoms with van der Waals surface area (Å²) in [4.78, 5) is 0. The van der Waals surface area contributed by atoms with E-state index in [4.69, 9.17) is 46.4 Å². The average molecular weight is 358 g/mol. The van der Waals surface area contributed by atoms with Crippen LogP contribution in [0.25, 0.3) is 11.1 Å². The minimum atomic E-state index is -2.97. The minimum absolute atomic E-state index is 0.0676. The molecule has 2 aromatic carbocycles. The van der Waals surface area contributed by atoms with E-state index in [0.29, 0.717) is 5.56 Å². The highest BCUT2D eigenvalue weighted by Crippen LogP contribution is 2.41. The molecule has 0 atom stereocenters. The van der Waals surface area contributed by atoms with Gasteiger partial charge in [0.15, 0.2) is 0 Å². The van der Waals surface area contributed by atoms with Gasteiger partial charge >= 0.3 is 6.61 Å². The van der Waals surface area contributed by atoms with Crippen LogP contribution in [0.3, 0.4) is 0 Å². The Kier molecular flexibility index (Phi) is 4.97. The lowest BCUT2D eigenvalue weighted by molar-refractivity contribution is -0.0494. The van der Waals surface area contributed by atoms with Crippen molar-refractivity contribution in [1.29, 1.82) is 0 Å². The van der Waals surface area contributed by atoms with Crippen molar-refractivity contribution in [3.8, 4) is 16.9 Å². The minimum Gasteiger partial charge on any atom is -0.434 e. The molecule has 0 fully saturated rings. The van der Waals surface area contributed by atoms with Gasteiger partial charge in [-0.2, -0.15) is 8.78 Å². The molecular formula is C13H6Cl4F2O. The van der Waals surface area contributed by atoms with Crippen molar-refractivity contribution < 1.29 is 13.5 Å². The Bertz CT molecular complexity index is 623. The molecule has 0 aromatic heterocycles. The zero-order valence-electron chi connectivity index (χ0n) is 9.64. The third-order valence-electron chi connectivity index (χ3n) is 2.46. The zero-order chi connectivity index (χ0) is 14.9. The van der Waals surface area contributed by atoms with Gasteiger partial charge in [0.1, 0.15) is 5.75 Å². The third-order valence-corrected chi connectivity index (χ3v) is 3.98. The average Bonchev–Trinajstić information content (AvgIpc) is 2.35. The molecule has 0 aliphatic carbocycles. The summed E-state index contributed by atoms with van der Waals surface area (Å²) in [6.45, 7) is -2.97. The molecular weight excluding hydrogens is 352 g/mol. The lowest BCUT2D eigenvalue weighted by Crippen LogP contribution is -2.03. The van der Waals surface area contributed by atoms with Crippen LogP contribution in [0, 0.1) is 0 Å². The number of halogens is 6. The number of alkyl halides is 2. The van der Waals surface area contributed by atoms with E-state index >= 15 is 0 Å². The summed E-state index contributed by atoms with van der Waals surface area (Å²) >= 11 is 23.8. The molecule has 0 saturated carbocycles. The summed E-state index contributed by atoms with van der Waals surface area (Å²) < 4.78 is 29.3. The van der Waals surface area contributed by atoms with Gasteiger partial charge in [-0.05, 0) is 29.8 Å². The number of benzene rings is 2. The molecule has 0 radical (unpaired) electrons. The molecule has 7 heteroatoms. The standard InChI is InChI=1S/C13H6Cl4F2O/c14-7-2-1-3-10(20-13(18)19)11(7)6-4-8(15)12(17)9(16)5-6/h1-5,13H. The molecule has 0 aliphatic rings. The molecule has 0 aliphatic heterocycles. The second-order valence-corrected chi connectivity index (χ2v) is 5.34. The number of hydrogen-bond acceptors (Lipinski definition) is 1. The van der Waals surface area contributed by atoms with Crippen molar-refractivity contribution in [2.45, 2.75) is 6.61 Å². The highest BCUT2D eigenvalue weighted by Gasteiger charge is 2.16. The van der Waals surface area contributed by atoms with Crippen molar-refractivity contribution in [2.24, 2.45) is 0 Å². The summed E-state index contributed by atoms with van der Waals surface area (Å²) in [5, 5.41) is 0.798. The van der Waals surface area contributed by atoms with Gasteiger partial charge in [0.25, 0.3) is 0 Å². The Balaban J connectivity index is 2.62. The van der Waals surface area contributed by atoms with Crippen LogP contribution in [0.4, 0.5) is 8.78 Å². The molecule has 0 saturated heterocycles. The summed E-state index contributed by atoms with van der Waals surface area (Å²) in [7, 11) is 0. The molecule has 2 rings (SSSR count). The maximum absolute atomic E-state index is 12.4. The topological polar surface area (TPSA) is 9.23 Å². The van der Waals surface area contributed by atoms with Crippen LogP contribution < -0.4 is 4.74 Å². The van der Waals surface area contributed by atoms with Gasteiger partial charge in [-0.15, -0.1) is 0 Å². The molecule has 106 valence electrons. The summed E-state index contributed by atoms with van der Waals surface area (Å²) in [6, 6.07) is 7.39. The number of ether oxygens (including phenoxy) is 1. The molecule has 1 nitrogen and oxygen atoms in total. The van der Waals surface area contributed by atoms with E-state index < -0.39 is 6.61 Å². The van der Waals surface area contributed by atoms with Crippen LogP contribution in [0.1, 0.15) is 0 Å². The van der Waals surface area contributed by atoms with E-state index in [-0.39, 0.29) is 31.4 Å². The first-order chi connectivity index (χ1) is 9.40. The monoisotopic (exact) mass is 356 g/mol. The third kappa shape index (κ3) is 3.29. The van der Waals surface area contributed by atoms with E-state index in [1.165, 1.54) is 24.3 Å². The van der Waals surface area contributed by atoms with Gasteiger partial charge in [0.2, 0.25) is 0 Å². The highest BCUT2D eigenvalue weighted by molar-refractivity contribution is 6.48. The summed E-state index contributed by atoms with van der Waals surface area (Å²) in [5.41, 5.74) is 0.709. The van der Waals surface area contributed by atoms with E-state index in [9.17, 15) is 8.78 Å². The van der Waals surface area contributed by atoms with Gasteiger partial charge in [-0.3, -0.25) is 0 Å². The quantitative estimate of drug-likeness (QED) is 0.564. The van der Waals surface area contributed by atoms with E-state index in [1.54, 1.807) is 6.07 Å². The van der Waals surface area contributed by atoms with Gasteiger partial charge in [-0.25, -0.2) is 0 Å². The largest absolute Gasteiger partial charge is 0.434 e. The fourth-order valence-electron chi connectivity index (χ4n) is 1.68. The second-order valence-electron chi connectivity index (χ2n) is 3.75. The van der Waals surface area contributed by atoms with E-state index in [2.05, 4.69) is 4.74 Å². The fraction of sp³-hybridized carbons (Fsp3) is 0.0769. The van der Waals surface area contributed by atoms with Gasteiger partial charge in [0, 0.05) is 5.56 Å². The maximum atomic E-state index is 12.4. The van der Waals surface area contributed by atoms with Gasteiger partial charge < -0.3 is 4.74 Å². The Morgan fingerprint density at radius 3 is 2.05 bits per heavy atom. The lowest BCUT2D eigenvalue weighted by atomic mass is 10.0. The summed E-state index contributed by atoms with van der Waals surface area (Å²) in [6.07, 6.45) is 0. The summed E-state index contributed by atoms with van der Waals surface area (Å²) in [5.74, 6) is -0.0676. The van der Waals surface area contributed by atoms with Crippen molar-refractivity contribution in [3.63, 3.8) is 0 Å². The zero-order valence-corrected chi connectivity index (χ0v) is 12.7. The lowest BCUT2D eigenvalue weighted by Gasteiger charge is -2.13. The predicted octanol–water partition coefficient (Wildman–Crippen LogP) is 6.57. The molecule has 0 heterocycles. The van der Waals surface area contributed by atoms with E-state index in [1.807, 2.05) is 0 Å². The first kappa shape index (κ1) is 15.6. The highest BCUT2D eigenvalue weighted by atomic mass is 35.5. The Morgan fingerprint density at radius 2 is 1.50 bits per heavy atom. The SMILES string of the molecule is FC(F)Oc1cccc(Cl)c1-c1cc(Cl)c(Cl)c(Cl)c1. The fourth-order valence-corrected chi connectivity index (χ4v) is 2.55. The first-order valence-corrected chi connectivity index (χ1v) is 6.79. The second kappa shape index (κ2) is 6.35. The van der Waals surface area contributed by atoms with Crippen LogP contribution in [0.5, 0.6) is 5.75 Å². The van der Waals surface area contributed by atoms with Crippen LogP contribution in [0.15, 0.2) is 30.3 Å². The van der Waals surface area contributed by atoms with Gasteiger partial charge in [-0.1, -0.05) is 52.5 Å². The molecule has 0 bridgehead atoms. The molecule has 20 heavy (non-hydrogen) atoms. The number of rotatable bonds is 3. The maximum Gasteiger partial charge on any atom is 0.387 e. The Labute approximate surface area is 134 Å². The van der Waals surface area contributed by atoms with Crippen molar-refractivity contribution in [1.82, 2.24) is 0 Å². The predicted molar refractivity (Wildman–Crippen MR) is 78.5 cm³/mol. The smallest absolute Gasteiger partial charge is 0.387 e. The molecule has 0 N–H and O–H groups in total. The molecule has 0 spiro atoms. The molecule has 2 aromatic rings. The Morgan fingerprint density at radius 1 is 0.900 bits per heavy atom. The van der Waals surface area contributed by atoms with Crippen LogP contribution in [-0.2, 0) is 0 Å². The van der Waals surface area contributed by atoms with Crippen molar-refractivity contribution in [2.75, 3.05) is 0 Å². The van der Waals surface area contributed by atoms with Crippen LogP contribution >= 0.6 is 46.4 Å². The molecule has 0 amide bonds. The van der Waals surface area contributed by atoms with Crippen LogP contribution in [-0.4, -0.2) is 6.61 Å². The normalized spacial score (nSPS) is 10.9. The van der Waals surface area contributed by atoms with Crippen molar-refractivity contribution in [3.05, 3.63) is 50.4 Å². The Hall–Kier alpha value is -0.740. The first-order valence-electron chi connectivity index (χ1n) is 5.28. The van der Waals surface area contributed by atoms with Gasteiger partial charge in [0.05, 0.1) is 20.1 Å². The van der Waals surface area contributed by atoms with Crippen molar-refractivity contribution >= 4 is 46.4 Å². The van der Waals surface area contributed by atoms with E-state index in [0.717, 1.165) is 0 Å². The van der Waals surface area contributed by atoms with Crippen LogP contribution in [0.2, 0.25) is 20.1 Å².